The van der Waals surface area contributed by atoms with Gasteiger partial charge in [0.2, 0.25) is 5.91 Å². The standard InChI is InChI=1S/C23H22FN7O3/c1-14(24)23(34)31-11-3-4-15(13-31)21(32)27-16-7-8-20(25-12-16)29-22(33)19-6-2-5-17(28-19)18-9-10-26-30-18/h2,5-10,12,15H,1,3-4,11,13H2,(H,26,30)(H,27,32)(H,25,29,33). The number of hydrogen-bond acceptors (Lipinski definition) is 6. The molecule has 34 heavy (non-hydrogen) atoms. The topological polar surface area (TPSA) is 133 Å². The Morgan fingerprint density at radius 2 is 2.00 bits per heavy atom. The number of nitrogens with one attached hydrogen (secondary N) is 3. The minimum Gasteiger partial charge on any atom is -0.336 e. The largest absolute Gasteiger partial charge is 0.336 e. The summed E-state index contributed by atoms with van der Waals surface area (Å²) in [6.45, 7) is 3.54. The van der Waals surface area contributed by atoms with Gasteiger partial charge in [-0.2, -0.15) is 5.10 Å². The lowest BCUT2D eigenvalue weighted by atomic mass is 9.97. The first-order valence-electron chi connectivity index (χ1n) is 10.6. The molecule has 1 fully saturated rings. The number of rotatable bonds is 6. The van der Waals surface area contributed by atoms with E-state index in [1.165, 1.54) is 11.1 Å². The number of aromatic amines is 1. The maximum absolute atomic E-state index is 13.1. The van der Waals surface area contributed by atoms with E-state index in [1.54, 1.807) is 42.6 Å². The lowest BCUT2D eigenvalue weighted by molar-refractivity contribution is -0.132. The van der Waals surface area contributed by atoms with E-state index in [2.05, 4.69) is 37.4 Å². The van der Waals surface area contributed by atoms with Crippen molar-refractivity contribution in [1.82, 2.24) is 25.1 Å². The van der Waals surface area contributed by atoms with E-state index in [4.69, 9.17) is 0 Å². The highest BCUT2D eigenvalue weighted by atomic mass is 19.1. The van der Waals surface area contributed by atoms with Crippen molar-refractivity contribution >= 4 is 29.2 Å². The summed E-state index contributed by atoms with van der Waals surface area (Å²) in [6.07, 6.45) is 4.19. The third-order valence-electron chi connectivity index (χ3n) is 5.34. The highest BCUT2D eigenvalue weighted by Crippen LogP contribution is 2.21. The smallest absolute Gasteiger partial charge is 0.281 e. The number of carbonyl (C=O) groups is 3. The number of anilines is 2. The molecule has 10 nitrogen and oxygen atoms in total. The van der Waals surface area contributed by atoms with Gasteiger partial charge in [-0.1, -0.05) is 12.6 Å². The van der Waals surface area contributed by atoms with Crippen LogP contribution in [0.2, 0.25) is 0 Å². The number of carbonyl (C=O) groups excluding carboxylic acids is 3. The molecular formula is C23H22FN7O3. The molecule has 0 saturated carbocycles. The van der Waals surface area contributed by atoms with Crippen LogP contribution in [-0.4, -0.2) is 55.9 Å². The third kappa shape index (κ3) is 5.31. The highest BCUT2D eigenvalue weighted by molar-refractivity contribution is 6.02. The van der Waals surface area contributed by atoms with Crippen LogP contribution in [0.25, 0.3) is 11.4 Å². The Bertz CT molecular complexity index is 1210. The van der Waals surface area contributed by atoms with Gasteiger partial charge in [0.05, 0.1) is 29.2 Å². The second kappa shape index (κ2) is 10.0. The molecule has 4 heterocycles. The van der Waals surface area contributed by atoms with E-state index >= 15 is 0 Å². The summed E-state index contributed by atoms with van der Waals surface area (Å²) >= 11 is 0. The van der Waals surface area contributed by atoms with Gasteiger partial charge in [-0.25, -0.2) is 14.4 Å². The Labute approximate surface area is 194 Å². The van der Waals surface area contributed by atoms with Crippen molar-refractivity contribution in [1.29, 1.82) is 0 Å². The van der Waals surface area contributed by atoms with Gasteiger partial charge in [-0.15, -0.1) is 0 Å². The number of likely N-dealkylation sites (tertiary alicyclic amines) is 1. The lowest BCUT2D eigenvalue weighted by Gasteiger charge is -2.31. The first-order valence-corrected chi connectivity index (χ1v) is 10.6. The quantitative estimate of drug-likeness (QED) is 0.482. The van der Waals surface area contributed by atoms with Crippen LogP contribution in [0.4, 0.5) is 15.9 Å². The predicted molar refractivity (Wildman–Crippen MR) is 122 cm³/mol. The van der Waals surface area contributed by atoms with Crippen LogP contribution < -0.4 is 10.6 Å². The maximum Gasteiger partial charge on any atom is 0.281 e. The third-order valence-corrected chi connectivity index (χ3v) is 5.34. The molecular weight excluding hydrogens is 441 g/mol. The fraction of sp³-hybridized carbons (Fsp3) is 0.217. The Morgan fingerprint density at radius 3 is 2.71 bits per heavy atom. The number of H-pyrrole nitrogens is 1. The molecule has 11 heteroatoms. The summed E-state index contributed by atoms with van der Waals surface area (Å²) in [5.41, 5.74) is 1.90. The molecule has 1 unspecified atom stereocenters. The molecule has 0 spiro atoms. The number of pyridine rings is 2. The fourth-order valence-electron chi connectivity index (χ4n) is 3.62. The van der Waals surface area contributed by atoms with Crippen molar-refractivity contribution in [2.24, 2.45) is 5.92 Å². The van der Waals surface area contributed by atoms with Crippen molar-refractivity contribution < 1.29 is 18.8 Å². The van der Waals surface area contributed by atoms with Crippen LogP contribution in [0.1, 0.15) is 23.3 Å². The minimum atomic E-state index is -1.04. The van der Waals surface area contributed by atoms with Gasteiger partial charge in [0, 0.05) is 19.3 Å². The van der Waals surface area contributed by atoms with Crippen molar-refractivity contribution in [2.45, 2.75) is 12.8 Å². The fourth-order valence-corrected chi connectivity index (χ4v) is 3.62. The average Bonchev–Trinajstić information content (AvgIpc) is 3.40. The van der Waals surface area contributed by atoms with Crippen LogP contribution in [0.15, 0.2) is 61.2 Å². The van der Waals surface area contributed by atoms with Crippen LogP contribution in [0, 0.1) is 5.92 Å². The second-order valence-electron chi connectivity index (χ2n) is 7.75. The maximum atomic E-state index is 13.1. The summed E-state index contributed by atoms with van der Waals surface area (Å²) in [5.74, 6) is -2.74. The molecule has 1 aliphatic heterocycles. The molecule has 4 rings (SSSR count). The number of piperidine rings is 1. The van der Waals surface area contributed by atoms with E-state index in [1.807, 2.05) is 0 Å². The molecule has 3 aromatic rings. The molecule has 3 N–H and O–H groups in total. The molecule has 3 aromatic heterocycles. The van der Waals surface area contributed by atoms with Crippen LogP contribution >= 0.6 is 0 Å². The van der Waals surface area contributed by atoms with Gasteiger partial charge < -0.3 is 15.5 Å². The van der Waals surface area contributed by atoms with E-state index in [9.17, 15) is 18.8 Å². The zero-order chi connectivity index (χ0) is 24.1. The van der Waals surface area contributed by atoms with E-state index in [0.29, 0.717) is 36.5 Å². The Hall–Kier alpha value is -4.41. The van der Waals surface area contributed by atoms with Gasteiger partial charge in [0.25, 0.3) is 11.8 Å². The SMILES string of the molecule is C=C(F)C(=O)N1CCCC(C(=O)Nc2ccc(NC(=O)c3cccc(-c4ccn[nH]4)n3)nc2)C1. The number of amides is 3. The lowest BCUT2D eigenvalue weighted by Crippen LogP contribution is -2.43. The number of halogens is 1. The molecule has 174 valence electrons. The second-order valence-corrected chi connectivity index (χ2v) is 7.75. The summed E-state index contributed by atoms with van der Waals surface area (Å²) in [6, 6.07) is 9.96. The van der Waals surface area contributed by atoms with Gasteiger partial charge in [0.15, 0.2) is 5.83 Å². The predicted octanol–water partition coefficient (Wildman–Crippen LogP) is 2.78. The molecule has 1 atom stereocenters. The van der Waals surface area contributed by atoms with E-state index < -0.39 is 23.6 Å². The summed E-state index contributed by atoms with van der Waals surface area (Å²) in [7, 11) is 0. The average molecular weight is 463 g/mol. The molecule has 1 aliphatic rings. The van der Waals surface area contributed by atoms with E-state index in [-0.39, 0.29) is 24.0 Å². The Morgan fingerprint density at radius 1 is 1.15 bits per heavy atom. The van der Waals surface area contributed by atoms with Gasteiger partial charge in [0.1, 0.15) is 11.5 Å². The Balaban J connectivity index is 1.35. The first-order chi connectivity index (χ1) is 16.4. The van der Waals surface area contributed by atoms with Crippen molar-refractivity contribution in [3.05, 3.63) is 66.9 Å². The van der Waals surface area contributed by atoms with E-state index in [0.717, 1.165) is 0 Å². The summed E-state index contributed by atoms with van der Waals surface area (Å²) in [5, 5.41) is 12.1. The van der Waals surface area contributed by atoms with Crippen LogP contribution in [0.5, 0.6) is 0 Å². The van der Waals surface area contributed by atoms with Gasteiger partial charge in [-0.05, 0) is 43.2 Å². The Kier molecular flexibility index (Phi) is 6.72. The number of aromatic nitrogens is 4. The minimum absolute atomic E-state index is 0.125. The normalized spacial score (nSPS) is 15.4. The van der Waals surface area contributed by atoms with Crippen LogP contribution in [0.3, 0.4) is 0 Å². The summed E-state index contributed by atoms with van der Waals surface area (Å²) in [4.78, 5) is 46.7. The molecule has 0 aliphatic carbocycles. The van der Waals surface area contributed by atoms with Crippen molar-refractivity contribution in [3.8, 4) is 11.4 Å². The monoisotopic (exact) mass is 463 g/mol. The molecule has 0 radical (unpaired) electrons. The first kappa shape index (κ1) is 22.8. The molecule has 0 aromatic carbocycles. The zero-order valence-corrected chi connectivity index (χ0v) is 18.1. The number of nitrogens with zero attached hydrogens (tertiary/aromatic N) is 4. The highest BCUT2D eigenvalue weighted by Gasteiger charge is 2.29. The molecule has 3 amide bonds. The zero-order valence-electron chi connectivity index (χ0n) is 18.1. The van der Waals surface area contributed by atoms with Crippen molar-refractivity contribution in [3.63, 3.8) is 0 Å². The number of hydrogen-bond donors (Lipinski definition) is 3. The van der Waals surface area contributed by atoms with Crippen molar-refractivity contribution in [2.75, 3.05) is 23.7 Å². The molecule has 0 bridgehead atoms. The van der Waals surface area contributed by atoms with Gasteiger partial charge >= 0.3 is 0 Å². The molecule has 1 saturated heterocycles. The summed E-state index contributed by atoms with van der Waals surface area (Å²) < 4.78 is 13.1. The van der Waals surface area contributed by atoms with Gasteiger partial charge in [-0.3, -0.25) is 19.5 Å². The van der Waals surface area contributed by atoms with Crippen LogP contribution in [-0.2, 0) is 9.59 Å².